The molecule has 1 aliphatic heterocycles. The van der Waals surface area contributed by atoms with Gasteiger partial charge in [0, 0.05) is 12.1 Å². The lowest BCUT2D eigenvalue weighted by atomic mass is 10.2. The summed E-state index contributed by atoms with van der Waals surface area (Å²) in [7, 11) is 0. The number of alkyl halides is 3. The van der Waals surface area contributed by atoms with Crippen LogP contribution in [-0.4, -0.2) is 28.7 Å². The number of halogens is 3. The molecule has 2 N–H and O–H groups in total. The predicted octanol–water partition coefficient (Wildman–Crippen LogP) is 1.79. The molecule has 1 aromatic rings. The van der Waals surface area contributed by atoms with Crippen LogP contribution >= 0.6 is 11.8 Å². The Kier molecular flexibility index (Phi) is 4.74. The van der Waals surface area contributed by atoms with E-state index in [1.54, 1.807) is 0 Å². The molecular weight excluding hydrogens is 321 g/mol. The van der Waals surface area contributed by atoms with Gasteiger partial charge in [0.05, 0.1) is 16.6 Å². The van der Waals surface area contributed by atoms with Gasteiger partial charge in [-0.25, -0.2) is 0 Å². The largest absolute Gasteiger partial charge is 0.416 e. The number of imide groups is 1. The minimum atomic E-state index is -4.49. The number of rotatable bonds is 4. The fourth-order valence-electron chi connectivity index (χ4n) is 1.81. The Balaban J connectivity index is 1.90. The molecule has 9 heteroatoms. The first-order valence-corrected chi connectivity index (χ1v) is 7.23. The van der Waals surface area contributed by atoms with Gasteiger partial charge in [-0.15, -0.1) is 11.8 Å². The van der Waals surface area contributed by atoms with Gasteiger partial charge in [-0.05, 0) is 18.2 Å². The molecule has 1 aliphatic rings. The van der Waals surface area contributed by atoms with Crippen LogP contribution in [0.15, 0.2) is 24.3 Å². The Labute approximate surface area is 127 Å². The van der Waals surface area contributed by atoms with Crippen LogP contribution in [0.4, 0.5) is 18.9 Å². The van der Waals surface area contributed by atoms with E-state index >= 15 is 0 Å². The van der Waals surface area contributed by atoms with E-state index in [4.69, 9.17) is 0 Å². The normalized spacial score (nSPS) is 18.2. The standard InChI is InChI=1S/C13H11F3N2O3S/c14-13(15,16)7-2-1-3-8(4-7)17-11(20)6-22-9-5-10(19)18-12(9)21/h1-4,9H,5-6H2,(H,17,20)(H,18,19,21). The molecule has 5 nitrogen and oxygen atoms in total. The van der Waals surface area contributed by atoms with E-state index in [0.29, 0.717) is 0 Å². The number of thioether (sulfide) groups is 1. The number of carbonyl (C=O) groups excluding carboxylic acids is 3. The van der Waals surface area contributed by atoms with Gasteiger partial charge in [-0.1, -0.05) is 6.07 Å². The minimum Gasteiger partial charge on any atom is -0.325 e. The van der Waals surface area contributed by atoms with E-state index in [2.05, 4.69) is 10.6 Å². The zero-order valence-corrected chi connectivity index (χ0v) is 11.9. The highest BCUT2D eigenvalue weighted by Gasteiger charge is 2.32. The van der Waals surface area contributed by atoms with Crippen LogP contribution in [0, 0.1) is 0 Å². The summed E-state index contributed by atoms with van der Waals surface area (Å²) in [5.74, 6) is -1.54. The Morgan fingerprint density at radius 2 is 2.09 bits per heavy atom. The Morgan fingerprint density at radius 1 is 1.36 bits per heavy atom. The highest BCUT2D eigenvalue weighted by molar-refractivity contribution is 8.01. The summed E-state index contributed by atoms with van der Waals surface area (Å²) in [6, 6.07) is 4.26. The van der Waals surface area contributed by atoms with Crippen molar-refractivity contribution in [1.82, 2.24) is 5.32 Å². The number of hydrogen-bond donors (Lipinski definition) is 2. The summed E-state index contributed by atoms with van der Waals surface area (Å²) in [6.07, 6.45) is -4.49. The van der Waals surface area contributed by atoms with Gasteiger partial charge in [0.1, 0.15) is 0 Å². The van der Waals surface area contributed by atoms with Crippen LogP contribution in [-0.2, 0) is 20.6 Å². The summed E-state index contributed by atoms with van der Waals surface area (Å²) in [4.78, 5) is 34.0. The van der Waals surface area contributed by atoms with Crippen molar-refractivity contribution in [3.05, 3.63) is 29.8 Å². The molecule has 2 rings (SSSR count). The van der Waals surface area contributed by atoms with Gasteiger partial charge in [0.15, 0.2) is 0 Å². The van der Waals surface area contributed by atoms with Crippen molar-refractivity contribution >= 4 is 35.2 Å². The summed E-state index contributed by atoms with van der Waals surface area (Å²) in [5, 5.41) is 3.80. The smallest absolute Gasteiger partial charge is 0.325 e. The highest BCUT2D eigenvalue weighted by atomic mass is 32.2. The molecule has 3 amide bonds. The summed E-state index contributed by atoms with van der Waals surface area (Å²) < 4.78 is 37.6. The highest BCUT2D eigenvalue weighted by Crippen LogP contribution is 2.30. The summed E-state index contributed by atoms with van der Waals surface area (Å²) in [6.45, 7) is 0. The van der Waals surface area contributed by atoms with Crippen LogP contribution in [0.2, 0.25) is 0 Å². The molecule has 1 saturated heterocycles. The lowest BCUT2D eigenvalue weighted by Gasteiger charge is -2.10. The minimum absolute atomic E-state index is 0.000336. The van der Waals surface area contributed by atoms with E-state index in [9.17, 15) is 27.6 Å². The number of benzene rings is 1. The van der Waals surface area contributed by atoms with E-state index in [1.165, 1.54) is 12.1 Å². The van der Waals surface area contributed by atoms with E-state index in [0.717, 1.165) is 23.9 Å². The van der Waals surface area contributed by atoms with Crippen LogP contribution in [0.3, 0.4) is 0 Å². The first-order valence-electron chi connectivity index (χ1n) is 6.18. The second kappa shape index (κ2) is 6.39. The van der Waals surface area contributed by atoms with Gasteiger partial charge >= 0.3 is 6.18 Å². The molecule has 0 saturated carbocycles. The van der Waals surface area contributed by atoms with Gasteiger partial charge in [-0.3, -0.25) is 19.7 Å². The quantitative estimate of drug-likeness (QED) is 0.825. The fourth-order valence-corrected chi connectivity index (χ4v) is 2.72. The van der Waals surface area contributed by atoms with Crippen LogP contribution < -0.4 is 10.6 Å². The van der Waals surface area contributed by atoms with Crippen molar-refractivity contribution in [3.8, 4) is 0 Å². The lowest BCUT2D eigenvalue weighted by Crippen LogP contribution is -2.24. The molecule has 0 aliphatic carbocycles. The van der Waals surface area contributed by atoms with Crippen molar-refractivity contribution in [2.24, 2.45) is 0 Å². The molecule has 0 bridgehead atoms. The van der Waals surface area contributed by atoms with E-state index in [1.807, 2.05) is 0 Å². The second-order valence-electron chi connectivity index (χ2n) is 4.54. The third kappa shape index (κ3) is 4.23. The van der Waals surface area contributed by atoms with Crippen molar-refractivity contribution in [3.63, 3.8) is 0 Å². The maximum atomic E-state index is 12.5. The molecule has 22 heavy (non-hydrogen) atoms. The van der Waals surface area contributed by atoms with Crippen molar-refractivity contribution in [1.29, 1.82) is 0 Å². The number of nitrogens with one attached hydrogen (secondary N) is 2. The zero-order valence-electron chi connectivity index (χ0n) is 11.1. The van der Waals surface area contributed by atoms with Gasteiger partial charge in [0.2, 0.25) is 17.7 Å². The topological polar surface area (TPSA) is 75.3 Å². The average Bonchev–Trinajstić information content (AvgIpc) is 2.74. The molecule has 0 aromatic heterocycles. The number of amides is 3. The van der Waals surface area contributed by atoms with Crippen molar-refractivity contribution in [2.75, 3.05) is 11.1 Å². The van der Waals surface area contributed by atoms with E-state index < -0.39 is 34.7 Å². The molecule has 118 valence electrons. The fraction of sp³-hybridized carbons (Fsp3) is 0.308. The third-order valence-corrected chi connectivity index (χ3v) is 4.03. The number of carbonyl (C=O) groups is 3. The van der Waals surface area contributed by atoms with Gasteiger partial charge < -0.3 is 5.32 Å². The Morgan fingerprint density at radius 3 is 2.68 bits per heavy atom. The summed E-state index contributed by atoms with van der Waals surface area (Å²) >= 11 is 0.966. The van der Waals surface area contributed by atoms with Crippen molar-refractivity contribution in [2.45, 2.75) is 17.8 Å². The summed E-state index contributed by atoms with van der Waals surface area (Å²) in [5.41, 5.74) is -0.842. The molecule has 1 aromatic carbocycles. The second-order valence-corrected chi connectivity index (χ2v) is 5.73. The molecule has 1 atom stereocenters. The Hall–Kier alpha value is -2.03. The molecule has 0 radical (unpaired) electrons. The average molecular weight is 332 g/mol. The van der Waals surface area contributed by atoms with Crippen LogP contribution in [0.1, 0.15) is 12.0 Å². The SMILES string of the molecule is O=C1CC(SCC(=O)Nc2cccc(C(F)(F)F)c2)C(=O)N1. The molecule has 1 fully saturated rings. The molecular formula is C13H11F3N2O3S. The van der Waals surface area contributed by atoms with Crippen LogP contribution in [0.25, 0.3) is 0 Å². The van der Waals surface area contributed by atoms with E-state index in [-0.39, 0.29) is 17.9 Å². The monoisotopic (exact) mass is 332 g/mol. The first kappa shape index (κ1) is 16.3. The van der Waals surface area contributed by atoms with Crippen molar-refractivity contribution < 1.29 is 27.6 Å². The van der Waals surface area contributed by atoms with Crippen LogP contribution in [0.5, 0.6) is 0 Å². The van der Waals surface area contributed by atoms with Gasteiger partial charge in [0.25, 0.3) is 0 Å². The lowest BCUT2D eigenvalue weighted by molar-refractivity contribution is -0.137. The predicted molar refractivity (Wildman–Crippen MR) is 74.1 cm³/mol. The third-order valence-electron chi connectivity index (χ3n) is 2.82. The number of hydrogen-bond acceptors (Lipinski definition) is 4. The maximum absolute atomic E-state index is 12.5. The molecule has 1 unspecified atom stereocenters. The maximum Gasteiger partial charge on any atom is 0.416 e. The molecule has 0 spiro atoms. The zero-order chi connectivity index (χ0) is 16.3. The van der Waals surface area contributed by atoms with Gasteiger partial charge in [-0.2, -0.15) is 13.2 Å². The molecule has 1 heterocycles. The first-order chi connectivity index (χ1) is 10.3. The Bertz CT molecular complexity index is 619. The number of anilines is 1.